The van der Waals surface area contributed by atoms with Crippen molar-refractivity contribution in [3.8, 4) is 0 Å². The van der Waals surface area contributed by atoms with E-state index < -0.39 is 24.5 Å². The highest BCUT2D eigenvalue weighted by atomic mass is 79.9. The predicted molar refractivity (Wildman–Crippen MR) is 61.2 cm³/mol. The molecule has 0 spiro atoms. The molecule has 0 aliphatic carbocycles. The Morgan fingerprint density at radius 1 is 1.35 bits per heavy atom. The molecule has 0 saturated carbocycles. The lowest BCUT2D eigenvalue weighted by Gasteiger charge is -2.16. The van der Waals surface area contributed by atoms with Gasteiger partial charge in [-0.05, 0) is 19.1 Å². The molecule has 0 radical (unpaired) electrons. The SMILES string of the molecule is CC(NCCC(F)(F)F)c1ccc(Br)cc1F. The molecule has 1 nitrogen and oxygen atoms in total. The highest BCUT2D eigenvalue weighted by Crippen LogP contribution is 2.22. The fraction of sp³-hybridized carbons (Fsp3) is 0.455. The highest BCUT2D eigenvalue weighted by Gasteiger charge is 2.26. The molecule has 0 aromatic heterocycles. The van der Waals surface area contributed by atoms with Gasteiger partial charge in [0.1, 0.15) is 5.82 Å². The van der Waals surface area contributed by atoms with Crippen molar-refractivity contribution in [2.45, 2.75) is 25.6 Å². The van der Waals surface area contributed by atoms with Gasteiger partial charge in [0.15, 0.2) is 0 Å². The number of hydrogen-bond donors (Lipinski definition) is 1. The minimum atomic E-state index is -4.19. The van der Waals surface area contributed by atoms with Crippen molar-refractivity contribution in [3.05, 3.63) is 34.1 Å². The molecule has 1 rings (SSSR count). The maximum absolute atomic E-state index is 13.5. The number of halogens is 5. The molecule has 0 bridgehead atoms. The van der Waals surface area contributed by atoms with E-state index in [-0.39, 0.29) is 6.54 Å². The second kappa shape index (κ2) is 5.82. The molecule has 1 unspecified atom stereocenters. The molecular weight excluding hydrogens is 302 g/mol. The number of alkyl halides is 3. The summed E-state index contributed by atoms with van der Waals surface area (Å²) in [6.45, 7) is 1.41. The van der Waals surface area contributed by atoms with Gasteiger partial charge >= 0.3 is 6.18 Å². The van der Waals surface area contributed by atoms with Crippen LogP contribution in [0.25, 0.3) is 0 Å². The van der Waals surface area contributed by atoms with Crippen LogP contribution >= 0.6 is 15.9 Å². The normalized spacial score (nSPS) is 13.8. The fourth-order valence-electron chi connectivity index (χ4n) is 1.39. The van der Waals surface area contributed by atoms with Gasteiger partial charge < -0.3 is 5.32 Å². The maximum Gasteiger partial charge on any atom is 0.390 e. The number of hydrogen-bond acceptors (Lipinski definition) is 1. The molecule has 0 heterocycles. The lowest BCUT2D eigenvalue weighted by molar-refractivity contribution is -0.133. The third-order valence-electron chi connectivity index (χ3n) is 2.29. The third-order valence-corrected chi connectivity index (χ3v) is 2.78. The molecule has 0 aliphatic rings. The van der Waals surface area contributed by atoms with Crippen molar-refractivity contribution in [1.82, 2.24) is 5.32 Å². The summed E-state index contributed by atoms with van der Waals surface area (Å²) < 4.78 is 49.8. The lowest BCUT2D eigenvalue weighted by atomic mass is 10.1. The smallest absolute Gasteiger partial charge is 0.310 e. The van der Waals surface area contributed by atoms with Crippen LogP contribution in [0.1, 0.15) is 24.9 Å². The van der Waals surface area contributed by atoms with Crippen LogP contribution in [-0.4, -0.2) is 12.7 Å². The topological polar surface area (TPSA) is 12.0 Å². The van der Waals surface area contributed by atoms with Crippen LogP contribution in [0.2, 0.25) is 0 Å². The molecule has 0 amide bonds. The quantitative estimate of drug-likeness (QED) is 0.822. The fourth-order valence-corrected chi connectivity index (χ4v) is 1.73. The lowest BCUT2D eigenvalue weighted by Crippen LogP contribution is -2.25. The Labute approximate surface area is 105 Å². The van der Waals surface area contributed by atoms with E-state index >= 15 is 0 Å². The molecule has 6 heteroatoms. The Balaban J connectivity index is 2.55. The highest BCUT2D eigenvalue weighted by molar-refractivity contribution is 9.10. The van der Waals surface area contributed by atoms with Crippen LogP contribution in [0.3, 0.4) is 0 Å². The Hall–Kier alpha value is -0.620. The Morgan fingerprint density at radius 2 is 2.00 bits per heavy atom. The molecule has 1 aromatic rings. The van der Waals surface area contributed by atoms with E-state index in [2.05, 4.69) is 21.2 Å². The average molecular weight is 314 g/mol. The van der Waals surface area contributed by atoms with Crippen molar-refractivity contribution >= 4 is 15.9 Å². The summed E-state index contributed by atoms with van der Waals surface area (Å²) in [4.78, 5) is 0. The minimum absolute atomic E-state index is 0.222. The van der Waals surface area contributed by atoms with Crippen LogP contribution < -0.4 is 5.32 Å². The zero-order valence-electron chi connectivity index (χ0n) is 9.11. The summed E-state index contributed by atoms with van der Waals surface area (Å²) in [6.07, 6.45) is -5.11. The first-order valence-corrected chi connectivity index (χ1v) is 5.84. The number of benzene rings is 1. The van der Waals surface area contributed by atoms with Crippen molar-refractivity contribution in [2.75, 3.05) is 6.54 Å². The number of rotatable bonds is 4. The monoisotopic (exact) mass is 313 g/mol. The van der Waals surface area contributed by atoms with Crippen molar-refractivity contribution in [2.24, 2.45) is 0 Å². The molecule has 0 aliphatic heterocycles. The predicted octanol–water partition coefficient (Wildman–Crippen LogP) is 4.19. The van der Waals surface area contributed by atoms with E-state index in [9.17, 15) is 17.6 Å². The van der Waals surface area contributed by atoms with Crippen LogP contribution in [0, 0.1) is 5.82 Å². The van der Waals surface area contributed by atoms with Gasteiger partial charge in [0.05, 0.1) is 6.42 Å². The zero-order chi connectivity index (χ0) is 13.1. The third kappa shape index (κ3) is 5.04. The van der Waals surface area contributed by atoms with E-state index in [0.29, 0.717) is 10.0 Å². The zero-order valence-corrected chi connectivity index (χ0v) is 10.7. The van der Waals surface area contributed by atoms with Crippen molar-refractivity contribution in [1.29, 1.82) is 0 Å². The molecule has 1 N–H and O–H groups in total. The summed E-state index contributed by atoms with van der Waals surface area (Å²) in [5.74, 6) is -0.439. The minimum Gasteiger partial charge on any atom is -0.310 e. The Morgan fingerprint density at radius 3 is 2.53 bits per heavy atom. The standard InChI is InChI=1S/C11H12BrF4N/c1-7(17-5-4-11(14,15)16)9-3-2-8(12)6-10(9)13/h2-3,6-7,17H,4-5H2,1H3. The van der Waals surface area contributed by atoms with E-state index in [0.717, 1.165) is 0 Å². The molecule has 1 aromatic carbocycles. The first-order valence-electron chi connectivity index (χ1n) is 5.04. The van der Waals surface area contributed by atoms with E-state index in [1.54, 1.807) is 19.1 Å². The first-order chi connectivity index (χ1) is 7.79. The van der Waals surface area contributed by atoms with Crippen LogP contribution in [0.15, 0.2) is 22.7 Å². The summed E-state index contributed by atoms with van der Waals surface area (Å²) in [5, 5.41) is 2.64. The second-order valence-electron chi connectivity index (χ2n) is 3.71. The van der Waals surface area contributed by atoms with Crippen LogP contribution in [0.4, 0.5) is 17.6 Å². The van der Waals surface area contributed by atoms with Crippen molar-refractivity contribution < 1.29 is 17.6 Å². The summed E-state index contributed by atoms with van der Waals surface area (Å²) in [7, 11) is 0. The van der Waals surface area contributed by atoms with Gasteiger partial charge in [-0.15, -0.1) is 0 Å². The Kier molecular flexibility index (Phi) is 4.94. The first kappa shape index (κ1) is 14.4. The van der Waals surface area contributed by atoms with Crippen LogP contribution in [-0.2, 0) is 0 Å². The maximum atomic E-state index is 13.5. The molecular formula is C11H12BrF4N. The summed E-state index contributed by atoms with van der Waals surface area (Å²) in [6, 6.07) is 4.04. The van der Waals surface area contributed by atoms with E-state index in [1.807, 2.05) is 0 Å². The van der Waals surface area contributed by atoms with Gasteiger partial charge in [0.25, 0.3) is 0 Å². The van der Waals surface area contributed by atoms with Gasteiger partial charge in [0.2, 0.25) is 0 Å². The van der Waals surface area contributed by atoms with Gasteiger partial charge in [-0.1, -0.05) is 22.0 Å². The summed E-state index contributed by atoms with van der Waals surface area (Å²) >= 11 is 3.11. The molecule has 17 heavy (non-hydrogen) atoms. The van der Waals surface area contributed by atoms with E-state index in [1.165, 1.54) is 6.07 Å². The van der Waals surface area contributed by atoms with Gasteiger partial charge in [-0.3, -0.25) is 0 Å². The van der Waals surface area contributed by atoms with Crippen molar-refractivity contribution in [3.63, 3.8) is 0 Å². The van der Waals surface area contributed by atoms with Gasteiger partial charge in [-0.25, -0.2) is 4.39 Å². The van der Waals surface area contributed by atoms with Gasteiger partial charge in [-0.2, -0.15) is 13.2 Å². The van der Waals surface area contributed by atoms with Crippen LogP contribution in [0.5, 0.6) is 0 Å². The summed E-state index contributed by atoms with van der Waals surface area (Å²) in [5.41, 5.74) is 0.357. The number of nitrogens with one attached hydrogen (secondary N) is 1. The molecule has 1 atom stereocenters. The Bertz CT molecular complexity index is 378. The second-order valence-corrected chi connectivity index (χ2v) is 4.62. The molecule has 96 valence electrons. The molecule has 0 saturated heterocycles. The van der Waals surface area contributed by atoms with E-state index in [4.69, 9.17) is 0 Å². The largest absolute Gasteiger partial charge is 0.390 e. The average Bonchev–Trinajstić information content (AvgIpc) is 2.15. The van der Waals surface area contributed by atoms with Gasteiger partial charge in [0, 0.05) is 22.6 Å². The molecule has 0 fully saturated rings.